The molecule has 4 atom stereocenters. The van der Waals surface area contributed by atoms with Gasteiger partial charge in [0.1, 0.15) is 30.7 Å². The molecule has 7 rings (SSSR count). The molecule has 3 aromatic rings. The average molecular weight is 724 g/mol. The number of carbonyl (C=O) groups is 1. The maximum absolute atomic E-state index is 13.6. The van der Waals surface area contributed by atoms with E-state index in [0.717, 1.165) is 57.7 Å². The number of esters is 1. The molecular formula is C39H49NO12. The van der Waals surface area contributed by atoms with Gasteiger partial charge < -0.3 is 52.1 Å². The van der Waals surface area contributed by atoms with Gasteiger partial charge in [0.05, 0.1) is 39.6 Å². The third-order valence-corrected chi connectivity index (χ3v) is 10.3. The van der Waals surface area contributed by atoms with Crippen molar-refractivity contribution in [3.05, 3.63) is 41.5 Å². The topological polar surface area (TPSA) is 122 Å². The van der Waals surface area contributed by atoms with Gasteiger partial charge in [-0.2, -0.15) is 0 Å². The van der Waals surface area contributed by atoms with Crippen LogP contribution in [0.5, 0.6) is 28.7 Å². The standard InChI is InChI=1S/C39H49NO12/c1-42-29-19-25-26(20-30(29)43-2)35(27-21-48-38(41)34(27)33(25)24-10-11-28-31(18-24)51-23-50-28)52-39-37(36(45-4)32(44-3)22-49-39)47-15-9-7-5-6-8-12-40-13-16-46-17-14-40/h10-11,18-20,32,36-37,39H,5-9,12-17,21-23H2,1-4H3/t32-,36+,37-,39+/m1/s1. The van der Waals surface area contributed by atoms with Crippen molar-refractivity contribution in [1.29, 1.82) is 0 Å². The van der Waals surface area contributed by atoms with Crippen molar-refractivity contribution in [2.24, 2.45) is 0 Å². The van der Waals surface area contributed by atoms with Crippen LogP contribution in [0.3, 0.4) is 0 Å². The van der Waals surface area contributed by atoms with E-state index in [1.54, 1.807) is 28.4 Å². The molecule has 4 heterocycles. The highest BCUT2D eigenvalue weighted by Gasteiger charge is 2.45. The molecule has 52 heavy (non-hydrogen) atoms. The number of unbranched alkanes of at least 4 members (excludes halogenated alkanes) is 4. The molecule has 0 spiro atoms. The van der Waals surface area contributed by atoms with E-state index in [4.69, 9.17) is 52.1 Å². The second kappa shape index (κ2) is 16.9. The maximum atomic E-state index is 13.6. The summed E-state index contributed by atoms with van der Waals surface area (Å²) in [5, 5.41) is 1.38. The highest BCUT2D eigenvalue weighted by molar-refractivity contribution is 6.14. The lowest BCUT2D eigenvalue weighted by atomic mass is 9.89. The first kappa shape index (κ1) is 36.5. The first-order chi connectivity index (χ1) is 25.5. The van der Waals surface area contributed by atoms with Crippen LogP contribution >= 0.6 is 0 Å². The Hall–Kier alpha value is -3.85. The first-order valence-electron chi connectivity index (χ1n) is 18.1. The van der Waals surface area contributed by atoms with E-state index in [-0.39, 0.29) is 26.1 Å². The Balaban J connectivity index is 1.16. The molecule has 4 aliphatic rings. The molecule has 0 aliphatic carbocycles. The van der Waals surface area contributed by atoms with E-state index in [0.29, 0.717) is 62.8 Å². The molecule has 282 valence electrons. The Morgan fingerprint density at radius 2 is 1.54 bits per heavy atom. The minimum atomic E-state index is -0.877. The van der Waals surface area contributed by atoms with Gasteiger partial charge in [-0.3, -0.25) is 4.90 Å². The molecule has 0 aromatic heterocycles. The molecular weight excluding hydrogens is 674 g/mol. The van der Waals surface area contributed by atoms with Gasteiger partial charge in [0.25, 0.3) is 0 Å². The van der Waals surface area contributed by atoms with Gasteiger partial charge in [0.2, 0.25) is 13.1 Å². The summed E-state index contributed by atoms with van der Waals surface area (Å²) < 4.78 is 65.3. The van der Waals surface area contributed by atoms with E-state index in [9.17, 15) is 4.79 Å². The van der Waals surface area contributed by atoms with Gasteiger partial charge in [-0.25, -0.2) is 4.79 Å². The molecule has 4 aliphatic heterocycles. The third kappa shape index (κ3) is 7.48. The zero-order valence-electron chi connectivity index (χ0n) is 30.4. The second-order valence-corrected chi connectivity index (χ2v) is 13.3. The van der Waals surface area contributed by atoms with Crippen molar-refractivity contribution < 1.29 is 56.9 Å². The molecule has 0 radical (unpaired) electrons. The van der Waals surface area contributed by atoms with Crippen molar-refractivity contribution in [2.75, 3.05) is 81.3 Å². The van der Waals surface area contributed by atoms with Crippen LogP contribution < -0.4 is 23.7 Å². The molecule has 2 fully saturated rings. The Morgan fingerprint density at radius 1 is 0.788 bits per heavy atom. The minimum absolute atomic E-state index is 0.0174. The summed E-state index contributed by atoms with van der Waals surface area (Å²) in [7, 11) is 6.42. The lowest BCUT2D eigenvalue weighted by molar-refractivity contribution is -0.264. The summed E-state index contributed by atoms with van der Waals surface area (Å²) in [4.78, 5) is 16.0. The first-order valence-corrected chi connectivity index (χ1v) is 18.1. The maximum Gasteiger partial charge on any atom is 0.339 e. The molecule has 0 unspecified atom stereocenters. The second-order valence-electron chi connectivity index (χ2n) is 13.3. The number of fused-ring (bicyclic) bond motifs is 3. The Bertz CT molecular complexity index is 1710. The molecule has 13 heteroatoms. The van der Waals surface area contributed by atoms with Gasteiger partial charge in [-0.15, -0.1) is 0 Å². The van der Waals surface area contributed by atoms with E-state index in [1.807, 2.05) is 30.3 Å². The van der Waals surface area contributed by atoms with Gasteiger partial charge in [0, 0.05) is 50.4 Å². The quantitative estimate of drug-likeness (QED) is 0.140. The number of methoxy groups -OCH3 is 4. The van der Waals surface area contributed by atoms with E-state index >= 15 is 0 Å². The number of cyclic esters (lactones) is 1. The van der Waals surface area contributed by atoms with Gasteiger partial charge in [-0.05, 0) is 54.6 Å². The van der Waals surface area contributed by atoms with Crippen LogP contribution in [0.1, 0.15) is 48.0 Å². The third-order valence-electron chi connectivity index (χ3n) is 10.3. The lowest BCUT2D eigenvalue weighted by Crippen LogP contribution is -2.57. The largest absolute Gasteiger partial charge is 0.493 e. The van der Waals surface area contributed by atoms with Crippen molar-refractivity contribution in [1.82, 2.24) is 4.90 Å². The highest BCUT2D eigenvalue weighted by Crippen LogP contribution is 2.49. The Kier molecular flexibility index (Phi) is 11.8. The van der Waals surface area contributed by atoms with Gasteiger partial charge >= 0.3 is 5.97 Å². The zero-order valence-corrected chi connectivity index (χ0v) is 30.4. The lowest BCUT2D eigenvalue weighted by Gasteiger charge is -2.41. The van der Waals surface area contributed by atoms with Crippen molar-refractivity contribution in [3.8, 4) is 39.9 Å². The summed E-state index contributed by atoms with van der Waals surface area (Å²) in [5.74, 6) is 2.20. The SMILES string of the molecule is COc1cc2c(O[C@@H]3OC[C@@H](OC)[C@H](OC)[C@H]3OCCCCCCCN3CCOCC3)c3c(c(-c4ccc5c(c4)OCO5)c2cc1OC)C(=O)OC3. The number of benzene rings is 3. The average Bonchev–Trinajstić information content (AvgIpc) is 3.82. The predicted octanol–water partition coefficient (Wildman–Crippen LogP) is 5.36. The van der Waals surface area contributed by atoms with Crippen LogP contribution in [0.4, 0.5) is 0 Å². The smallest absolute Gasteiger partial charge is 0.339 e. The number of carbonyl (C=O) groups excluding carboxylic acids is 1. The molecule has 13 nitrogen and oxygen atoms in total. The fourth-order valence-corrected chi connectivity index (χ4v) is 7.53. The highest BCUT2D eigenvalue weighted by atomic mass is 16.7. The van der Waals surface area contributed by atoms with Crippen LogP contribution in [-0.2, 0) is 35.0 Å². The summed E-state index contributed by atoms with van der Waals surface area (Å²) >= 11 is 0. The van der Waals surface area contributed by atoms with Crippen LogP contribution in [0.2, 0.25) is 0 Å². The number of nitrogens with zero attached hydrogens (tertiary/aromatic N) is 1. The van der Waals surface area contributed by atoms with E-state index in [1.165, 1.54) is 12.8 Å². The summed E-state index contributed by atoms with van der Waals surface area (Å²) in [6, 6.07) is 9.31. The van der Waals surface area contributed by atoms with Crippen molar-refractivity contribution in [3.63, 3.8) is 0 Å². The van der Waals surface area contributed by atoms with Crippen LogP contribution in [0.25, 0.3) is 21.9 Å². The minimum Gasteiger partial charge on any atom is -0.493 e. The number of hydrogen-bond acceptors (Lipinski definition) is 13. The number of ether oxygens (including phenoxy) is 11. The fourth-order valence-electron chi connectivity index (χ4n) is 7.53. The van der Waals surface area contributed by atoms with Crippen LogP contribution in [0.15, 0.2) is 30.3 Å². The Labute approximate surface area is 304 Å². The molecule has 0 N–H and O–H groups in total. The molecule has 0 amide bonds. The van der Waals surface area contributed by atoms with E-state index < -0.39 is 24.5 Å². The zero-order chi connectivity index (χ0) is 36.0. The van der Waals surface area contributed by atoms with Crippen molar-refractivity contribution >= 4 is 16.7 Å². The number of hydrogen-bond donors (Lipinski definition) is 0. The number of rotatable bonds is 16. The van der Waals surface area contributed by atoms with Crippen LogP contribution in [-0.4, -0.2) is 117 Å². The summed E-state index contributed by atoms with van der Waals surface area (Å²) in [5.41, 5.74) is 2.41. The van der Waals surface area contributed by atoms with Gasteiger partial charge in [0.15, 0.2) is 23.0 Å². The molecule has 2 saturated heterocycles. The molecule has 3 aromatic carbocycles. The van der Waals surface area contributed by atoms with Crippen molar-refractivity contribution in [2.45, 2.75) is 63.3 Å². The predicted molar refractivity (Wildman–Crippen MR) is 190 cm³/mol. The van der Waals surface area contributed by atoms with Gasteiger partial charge in [-0.1, -0.05) is 25.3 Å². The Morgan fingerprint density at radius 3 is 2.31 bits per heavy atom. The van der Waals surface area contributed by atoms with E-state index in [2.05, 4.69) is 4.90 Å². The molecule has 0 bridgehead atoms. The molecule has 0 saturated carbocycles. The number of morpholine rings is 1. The summed E-state index contributed by atoms with van der Waals surface area (Å²) in [6.45, 7) is 5.71. The summed E-state index contributed by atoms with van der Waals surface area (Å²) in [6.07, 6.45) is 3.11. The fraction of sp³-hybridized carbons (Fsp3) is 0.564. The normalized spacial score (nSPS) is 22.7. The monoisotopic (exact) mass is 723 g/mol. The van der Waals surface area contributed by atoms with Crippen LogP contribution in [0, 0.1) is 0 Å².